The monoisotopic (exact) mass is 495 g/mol. The number of benzene rings is 2. The number of hydrogen-bond donors (Lipinski definition) is 2. The van der Waals surface area contributed by atoms with Gasteiger partial charge < -0.3 is 24.8 Å². The molecule has 1 aliphatic rings. The van der Waals surface area contributed by atoms with Crippen LogP contribution in [0.15, 0.2) is 41.3 Å². The van der Waals surface area contributed by atoms with Gasteiger partial charge in [0.15, 0.2) is 11.5 Å². The zero-order valence-electron chi connectivity index (χ0n) is 18.8. The van der Waals surface area contributed by atoms with Crippen molar-refractivity contribution in [2.45, 2.75) is 23.1 Å². The lowest BCUT2D eigenvalue weighted by Gasteiger charge is -2.24. The van der Waals surface area contributed by atoms with E-state index in [0.29, 0.717) is 11.3 Å². The Kier molecular flexibility index (Phi) is 7.50. The molecule has 2 N–H and O–H groups in total. The van der Waals surface area contributed by atoms with E-state index in [4.69, 9.17) is 14.2 Å². The van der Waals surface area contributed by atoms with E-state index in [-0.39, 0.29) is 33.8 Å². The average molecular weight is 496 g/mol. The van der Waals surface area contributed by atoms with Gasteiger partial charge in [0.1, 0.15) is 12.1 Å². The number of thioether (sulfide) groups is 1. The predicted molar refractivity (Wildman–Crippen MR) is 121 cm³/mol. The van der Waals surface area contributed by atoms with Gasteiger partial charge in [0.05, 0.1) is 27.0 Å². The Hall–Kier alpha value is -3.54. The largest absolute Gasteiger partial charge is 0.493 e. The van der Waals surface area contributed by atoms with Crippen LogP contribution in [-0.4, -0.2) is 56.4 Å². The highest BCUT2D eigenvalue weighted by Crippen LogP contribution is 2.42. The smallest absolute Gasteiger partial charge is 0.325 e. The zero-order valence-corrected chi connectivity index (χ0v) is 19.6. The Morgan fingerprint density at radius 3 is 2.29 bits per heavy atom. The second kappa shape index (κ2) is 10.2. The molecule has 12 heteroatoms. The number of nitrogens with one attached hydrogen (secondary N) is 2. The quantitative estimate of drug-likeness (QED) is 0.406. The lowest BCUT2D eigenvalue weighted by Crippen LogP contribution is -2.42. The van der Waals surface area contributed by atoms with Gasteiger partial charge in [-0.3, -0.25) is 14.5 Å². The number of imide groups is 1. The number of anilines is 1. The van der Waals surface area contributed by atoms with Crippen LogP contribution in [0.4, 0.5) is 19.3 Å². The minimum Gasteiger partial charge on any atom is -0.493 e. The lowest BCUT2D eigenvalue weighted by molar-refractivity contribution is -0.133. The summed E-state index contributed by atoms with van der Waals surface area (Å²) in [5, 5.41) is 5.07. The van der Waals surface area contributed by atoms with Crippen molar-refractivity contribution in [3.63, 3.8) is 0 Å². The standard InChI is InChI=1S/C22H23F2N3O6S/c1-22(12-9-14(31-2)18(33-4)15(10-12)32-3)19(29)27(21(30)26-22)11-17(28)25-13-7-5-6-8-16(13)34-20(23)24/h5-10,20H,11H2,1-4H3,(H,25,28)(H,26,30). The van der Waals surface area contributed by atoms with Crippen LogP contribution in [0.5, 0.6) is 17.2 Å². The van der Waals surface area contributed by atoms with Gasteiger partial charge in [0.25, 0.3) is 11.7 Å². The van der Waals surface area contributed by atoms with E-state index < -0.39 is 35.7 Å². The number of para-hydroxylation sites is 1. The Labute approximate surface area is 198 Å². The summed E-state index contributed by atoms with van der Waals surface area (Å²) in [4.78, 5) is 39.4. The van der Waals surface area contributed by atoms with Crippen molar-refractivity contribution in [1.82, 2.24) is 10.2 Å². The van der Waals surface area contributed by atoms with E-state index in [9.17, 15) is 23.2 Å². The molecule has 182 valence electrons. The van der Waals surface area contributed by atoms with Crippen molar-refractivity contribution < 1.29 is 37.4 Å². The minimum atomic E-state index is -2.68. The summed E-state index contributed by atoms with van der Waals surface area (Å²) in [6, 6.07) is 8.28. The lowest BCUT2D eigenvalue weighted by atomic mass is 9.91. The predicted octanol–water partition coefficient (Wildman–Crippen LogP) is 3.43. The second-order valence-electron chi connectivity index (χ2n) is 7.28. The van der Waals surface area contributed by atoms with Crippen molar-refractivity contribution in [3.05, 3.63) is 42.0 Å². The highest BCUT2D eigenvalue weighted by molar-refractivity contribution is 7.99. The summed E-state index contributed by atoms with van der Waals surface area (Å²) in [6.45, 7) is 0.874. The average Bonchev–Trinajstić information content (AvgIpc) is 3.02. The number of amides is 4. The van der Waals surface area contributed by atoms with Crippen molar-refractivity contribution >= 4 is 35.3 Å². The molecular weight excluding hydrogens is 472 g/mol. The van der Waals surface area contributed by atoms with Crippen LogP contribution in [0.25, 0.3) is 0 Å². The van der Waals surface area contributed by atoms with Crippen LogP contribution in [0, 0.1) is 0 Å². The number of carbonyl (C=O) groups excluding carboxylic acids is 3. The molecule has 0 radical (unpaired) electrons. The molecule has 1 aliphatic heterocycles. The Morgan fingerprint density at radius 1 is 1.12 bits per heavy atom. The summed E-state index contributed by atoms with van der Waals surface area (Å²) >= 11 is 0.276. The van der Waals surface area contributed by atoms with Crippen LogP contribution < -0.4 is 24.8 Å². The number of nitrogens with zero attached hydrogens (tertiary/aromatic N) is 1. The molecule has 2 aromatic rings. The van der Waals surface area contributed by atoms with Crippen molar-refractivity contribution in [1.29, 1.82) is 0 Å². The number of methoxy groups -OCH3 is 3. The maximum atomic E-state index is 13.2. The number of rotatable bonds is 9. The third-order valence-corrected chi connectivity index (χ3v) is 5.98. The van der Waals surface area contributed by atoms with Crippen LogP contribution in [0.1, 0.15) is 12.5 Å². The third kappa shape index (κ3) is 4.86. The highest BCUT2D eigenvalue weighted by atomic mass is 32.2. The molecule has 0 spiro atoms. The summed E-state index contributed by atoms with van der Waals surface area (Å²) in [5.41, 5.74) is -1.02. The van der Waals surface area contributed by atoms with Crippen LogP contribution in [0.3, 0.4) is 0 Å². The number of carbonyl (C=O) groups is 3. The molecule has 0 saturated carbocycles. The number of urea groups is 1. The van der Waals surface area contributed by atoms with Gasteiger partial charge in [-0.05, 0) is 36.8 Å². The Morgan fingerprint density at radius 2 is 1.74 bits per heavy atom. The zero-order chi connectivity index (χ0) is 25.0. The minimum absolute atomic E-state index is 0.150. The van der Waals surface area contributed by atoms with E-state index in [1.807, 2.05) is 0 Å². The molecule has 0 aromatic heterocycles. The molecular formula is C22H23F2N3O6S. The summed E-state index contributed by atoms with van der Waals surface area (Å²) in [7, 11) is 4.26. The van der Waals surface area contributed by atoms with Crippen LogP contribution >= 0.6 is 11.8 Å². The number of alkyl halides is 2. The molecule has 1 saturated heterocycles. The van der Waals surface area contributed by atoms with Gasteiger partial charge in [0, 0.05) is 4.90 Å². The topological polar surface area (TPSA) is 106 Å². The molecule has 4 amide bonds. The van der Waals surface area contributed by atoms with Crippen molar-refractivity contribution in [2.75, 3.05) is 33.2 Å². The van der Waals surface area contributed by atoms with E-state index in [1.54, 1.807) is 12.1 Å². The molecule has 1 atom stereocenters. The van der Waals surface area contributed by atoms with Crippen LogP contribution in [0.2, 0.25) is 0 Å². The third-order valence-electron chi connectivity index (χ3n) is 5.20. The Balaban J connectivity index is 1.83. The summed E-state index contributed by atoms with van der Waals surface area (Å²) in [6.07, 6.45) is 0. The first-order valence-corrected chi connectivity index (χ1v) is 10.8. The van der Waals surface area contributed by atoms with Gasteiger partial charge in [-0.15, -0.1) is 0 Å². The highest BCUT2D eigenvalue weighted by Gasteiger charge is 2.50. The fraction of sp³-hybridized carbons (Fsp3) is 0.318. The molecule has 0 aliphatic carbocycles. The normalized spacial score (nSPS) is 17.6. The molecule has 0 bridgehead atoms. The summed E-state index contributed by atoms with van der Waals surface area (Å²) < 4.78 is 41.5. The van der Waals surface area contributed by atoms with E-state index in [0.717, 1.165) is 4.90 Å². The van der Waals surface area contributed by atoms with Gasteiger partial charge in [-0.1, -0.05) is 23.9 Å². The Bertz CT molecular complexity index is 1090. The van der Waals surface area contributed by atoms with Crippen molar-refractivity contribution in [2.24, 2.45) is 0 Å². The van der Waals surface area contributed by atoms with Crippen LogP contribution in [-0.2, 0) is 15.1 Å². The number of halogens is 2. The molecule has 3 rings (SSSR count). The van der Waals surface area contributed by atoms with Crippen molar-refractivity contribution in [3.8, 4) is 17.2 Å². The van der Waals surface area contributed by atoms with Gasteiger partial charge >= 0.3 is 6.03 Å². The number of ether oxygens (including phenoxy) is 3. The van der Waals surface area contributed by atoms with Gasteiger partial charge in [0.2, 0.25) is 11.7 Å². The SMILES string of the molecule is COc1cc(C2(C)NC(=O)N(CC(=O)Nc3ccccc3SC(F)F)C2=O)cc(OC)c1OC. The van der Waals surface area contributed by atoms with Gasteiger partial charge in [-0.25, -0.2) is 4.79 Å². The maximum Gasteiger partial charge on any atom is 0.325 e. The molecule has 1 heterocycles. The first-order valence-electron chi connectivity index (χ1n) is 9.92. The van der Waals surface area contributed by atoms with Gasteiger partial charge in [-0.2, -0.15) is 8.78 Å². The fourth-order valence-corrected chi connectivity index (χ4v) is 4.10. The second-order valence-corrected chi connectivity index (χ2v) is 8.32. The molecule has 34 heavy (non-hydrogen) atoms. The first-order chi connectivity index (χ1) is 16.1. The maximum absolute atomic E-state index is 13.2. The molecule has 9 nitrogen and oxygen atoms in total. The first kappa shape index (κ1) is 25.1. The number of hydrogen-bond acceptors (Lipinski definition) is 7. The fourth-order valence-electron chi connectivity index (χ4n) is 3.51. The molecule has 2 aromatic carbocycles. The van der Waals surface area contributed by atoms with E-state index in [2.05, 4.69) is 10.6 Å². The molecule has 1 unspecified atom stereocenters. The summed E-state index contributed by atoms with van der Waals surface area (Å²) in [5.74, 6) is -3.21. The van der Waals surface area contributed by atoms with E-state index in [1.165, 1.54) is 52.5 Å². The van der Waals surface area contributed by atoms with E-state index >= 15 is 0 Å². The molecule has 1 fully saturated rings.